The monoisotopic (exact) mass is 534 g/mol. The molecule has 1 saturated heterocycles. The molecule has 3 atom stereocenters. The molecule has 5 rings (SSSR count). The average molecular weight is 535 g/mol. The Bertz CT molecular complexity index is 1260. The van der Waals surface area contributed by atoms with E-state index in [0.717, 1.165) is 42.3 Å². The Kier molecular flexibility index (Phi) is 7.67. The van der Waals surface area contributed by atoms with Crippen molar-refractivity contribution in [2.75, 3.05) is 19.6 Å². The van der Waals surface area contributed by atoms with Gasteiger partial charge in [-0.2, -0.15) is 0 Å². The predicted octanol–water partition coefficient (Wildman–Crippen LogP) is 4.55. The number of rotatable bonds is 8. The highest BCUT2D eigenvalue weighted by Crippen LogP contribution is 2.54. The number of nitrogens with zero attached hydrogens (tertiary/aromatic N) is 1. The number of aryl methyl sites for hydroxylation is 1. The van der Waals surface area contributed by atoms with Gasteiger partial charge in [0.25, 0.3) is 0 Å². The first-order valence-electron chi connectivity index (χ1n) is 13.9. The van der Waals surface area contributed by atoms with Crippen LogP contribution in [0, 0.1) is 12.8 Å². The van der Waals surface area contributed by atoms with Crippen molar-refractivity contribution >= 4 is 23.9 Å². The first-order chi connectivity index (χ1) is 18.7. The van der Waals surface area contributed by atoms with E-state index in [1.165, 1.54) is 32.8 Å². The molecule has 2 aliphatic carbocycles. The largest absolute Gasteiger partial charge is 0.469 e. The highest BCUT2D eigenvalue weighted by Gasteiger charge is 2.61. The maximum atomic E-state index is 13.0. The molecule has 1 aliphatic heterocycles. The zero-order chi connectivity index (χ0) is 27.6. The molecule has 39 heavy (non-hydrogen) atoms. The summed E-state index contributed by atoms with van der Waals surface area (Å²) in [7, 11) is 0. The van der Waals surface area contributed by atoms with E-state index in [4.69, 9.17) is 13.9 Å². The third kappa shape index (κ3) is 5.96. The first-order valence-corrected chi connectivity index (χ1v) is 13.9. The Morgan fingerprint density at radius 1 is 1.13 bits per heavy atom. The lowest BCUT2D eigenvalue weighted by Gasteiger charge is -2.59. The number of carbonyl (C=O) groups excluding carboxylic acids is 3. The summed E-state index contributed by atoms with van der Waals surface area (Å²) in [5.41, 5.74) is 0.545. The number of amides is 1. The maximum absolute atomic E-state index is 13.0. The molecule has 0 bridgehead atoms. The average Bonchev–Trinajstić information content (AvgIpc) is 3.60. The summed E-state index contributed by atoms with van der Waals surface area (Å²) < 4.78 is 17.1. The Labute approximate surface area is 229 Å². The molecule has 0 spiro atoms. The lowest BCUT2D eigenvalue weighted by atomic mass is 9.55. The molecule has 8 nitrogen and oxygen atoms in total. The minimum atomic E-state index is -0.744. The minimum Gasteiger partial charge on any atom is -0.469 e. The van der Waals surface area contributed by atoms with E-state index in [1.807, 2.05) is 31.2 Å². The molecule has 3 aliphatic rings. The van der Waals surface area contributed by atoms with E-state index in [2.05, 4.69) is 10.2 Å². The standard InChI is InChI=1S/C31H38N2O6/c1-21-25(12-16-37-21)9-10-29(36)32-27-11-13-31(39-23(3)35)20-33(19-24-7-8-24)15-14-30(31,18-27)26-5-4-6-28(17-26)38-22(2)34/h4-6,9-10,12,16-17,24,27H,7-8,11,13-15,18-20H2,1-3H3,(H,32,36)/t27-,30-,31-/m0/s1. The van der Waals surface area contributed by atoms with Crippen LogP contribution in [-0.4, -0.2) is 54.0 Å². The summed E-state index contributed by atoms with van der Waals surface area (Å²) in [5, 5.41) is 3.20. The van der Waals surface area contributed by atoms with Crippen molar-refractivity contribution in [2.24, 2.45) is 5.92 Å². The Morgan fingerprint density at radius 2 is 1.95 bits per heavy atom. The number of nitrogens with one attached hydrogen (secondary N) is 1. The lowest BCUT2D eigenvalue weighted by molar-refractivity contribution is -0.187. The van der Waals surface area contributed by atoms with Crippen molar-refractivity contribution in [3.05, 3.63) is 59.6 Å². The number of hydrogen-bond donors (Lipinski definition) is 1. The number of ether oxygens (including phenoxy) is 2. The second-order valence-electron chi connectivity index (χ2n) is 11.4. The summed E-state index contributed by atoms with van der Waals surface area (Å²) in [4.78, 5) is 39.7. The van der Waals surface area contributed by atoms with Gasteiger partial charge in [0.15, 0.2) is 0 Å². The smallest absolute Gasteiger partial charge is 0.308 e. The van der Waals surface area contributed by atoms with Gasteiger partial charge in [-0.3, -0.25) is 19.3 Å². The molecule has 2 heterocycles. The van der Waals surface area contributed by atoms with E-state index in [-0.39, 0.29) is 23.9 Å². The van der Waals surface area contributed by atoms with Crippen molar-refractivity contribution < 1.29 is 28.3 Å². The van der Waals surface area contributed by atoms with Crippen LogP contribution in [0.25, 0.3) is 6.08 Å². The van der Waals surface area contributed by atoms with Crippen LogP contribution >= 0.6 is 0 Å². The third-order valence-corrected chi connectivity index (χ3v) is 8.56. The molecule has 0 unspecified atom stereocenters. The lowest BCUT2D eigenvalue weighted by Crippen LogP contribution is -2.68. The number of hydrogen-bond acceptors (Lipinski definition) is 7. The molecule has 0 radical (unpaired) electrons. The number of esters is 2. The van der Waals surface area contributed by atoms with Gasteiger partial charge in [0.1, 0.15) is 17.1 Å². The van der Waals surface area contributed by atoms with Crippen LogP contribution < -0.4 is 10.1 Å². The van der Waals surface area contributed by atoms with Gasteiger partial charge in [0.2, 0.25) is 5.91 Å². The molecule has 8 heteroatoms. The molecule has 1 N–H and O–H groups in total. The van der Waals surface area contributed by atoms with Gasteiger partial charge >= 0.3 is 11.9 Å². The minimum absolute atomic E-state index is 0.108. The van der Waals surface area contributed by atoms with Gasteiger partial charge in [0, 0.05) is 50.0 Å². The summed E-state index contributed by atoms with van der Waals surface area (Å²) in [5.74, 6) is 1.09. The van der Waals surface area contributed by atoms with Crippen molar-refractivity contribution in [1.82, 2.24) is 10.2 Å². The van der Waals surface area contributed by atoms with Crippen molar-refractivity contribution in [3.63, 3.8) is 0 Å². The van der Waals surface area contributed by atoms with E-state index in [1.54, 1.807) is 18.4 Å². The fraction of sp³-hybridized carbons (Fsp3) is 0.516. The molecule has 3 fully saturated rings. The van der Waals surface area contributed by atoms with Crippen molar-refractivity contribution in [2.45, 2.75) is 76.4 Å². The van der Waals surface area contributed by atoms with E-state index < -0.39 is 11.0 Å². The maximum Gasteiger partial charge on any atom is 0.308 e. The molecule has 208 valence electrons. The van der Waals surface area contributed by atoms with Gasteiger partial charge in [0.05, 0.1) is 6.26 Å². The number of furan rings is 1. The van der Waals surface area contributed by atoms with E-state index >= 15 is 0 Å². The second kappa shape index (κ2) is 11.0. The van der Waals surface area contributed by atoms with Gasteiger partial charge in [-0.1, -0.05) is 12.1 Å². The first kappa shape index (κ1) is 27.2. The number of carbonyl (C=O) groups is 3. The van der Waals surface area contributed by atoms with Crippen molar-refractivity contribution in [3.8, 4) is 5.75 Å². The van der Waals surface area contributed by atoms with Gasteiger partial charge in [-0.05, 0) is 87.7 Å². The van der Waals surface area contributed by atoms with E-state index in [9.17, 15) is 14.4 Å². The van der Waals surface area contributed by atoms with Gasteiger partial charge in [-0.15, -0.1) is 0 Å². The van der Waals surface area contributed by atoms with Crippen LogP contribution in [0.1, 0.15) is 69.3 Å². The quantitative estimate of drug-likeness (QED) is 0.301. The molecule has 2 saturated carbocycles. The summed E-state index contributed by atoms with van der Waals surface area (Å²) in [6, 6.07) is 9.31. The fourth-order valence-corrected chi connectivity index (χ4v) is 6.64. The van der Waals surface area contributed by atoms with Crippen LogP contribution in [0.15, 0.2) is 47.1 Å². The van der Waals surface area contributed by atoms with Gasteiger partial charge < -0.3 is 19.2 Å². The van der Waals surface area contributed by atoms with E-state index in [0.29, 0.717) is 31.6 Å². The predicted molar refractivity (Wildman–Crippen MR) is 146 cm³/mol. The number of benzene rings is 1. The summed E-state index contributed by atoms with van der Waals surface area (Å²) in [6.45, 7) is 7.26. The second-order valence-corrected chi connectivity index (χ2v) is 11.4. The zero-order valence-electron chi connectivity index (χ0n) is 23.0. The van der Waals surface area contributed by atoms with Crippen LogP contribution in [-0.2, 0) is 24.5 Å². The Balaban J connectivity index is 1.46. The van der Waals surface area contributed by atoms with Crippen LogP contribution in [0.5, 0.6) is 5.75 Å². The zero-order valence-corrected chi connectivity index (χ0v) is 23.0. The topological polar surface area (TPSA) is 98.1 Å². The van der Waals surface area contributed by atoms with Crippen LogP contribution in [0.3, 0.4) is 0 Å². The van der Waals surface area contributed by atoms with Crippen LogP contribution in [0.4, 0.5) is 0 Å². The highest BCUT2D eigenvalue weighted by molar-refractivity contribution is 5.92. The van der Waals surface area contributed by atoms with Gasteiger partial charge in [-0.25, -0.2) is 0 Å². The number of fused-ring (bicyclic) bond motifs is 1. The third-order valence-electron chi connectivity index (χ3n) is 8.56. The SMILES string of the molecule is CC(=O)Oc1cccc([C@@]23CCN(CC4CC4)C[C@@]2(OC(C)=O)CC[C@H](NC(=O)C=Cc2ccoc2C)C3)c1. The molecule has 2 aromatic rings. The number of likely N-dealkylation sites (tertiary alicyclic amines) is 1. The molecule has 1 aromatic heterocycles. The molecule has 1 amide bonds. The normalized spacial score (nSPS) is 27.1. The summed E-state index contributed by atoms with van der Waals surface area (Å²) in [6.07, 6.45) is 10.1. The Hall–Kier alpha value is -3.39. The Morgan fingerprint density at radius 3 is 2.64 bits per heavy atom. The summed E-state index contributed by atoms with van der Waals surface area (Å²) >= 11 is 0. The van der Waals surface area contributed by atoms with Crippen LogP contribution in [0.2, 0.25) is 0 Å². The van der Waals surface area contributed by atoms with Crippen molar-refractivity contribution in [1.29, 1.82) is 0 Å². The number of piperidine rings is 1. The molecule has 1 aromatic carbocycles. The highest BCUT2D eigenvalue weighted by atomic mass is 16.6. The molecular weight excluding hydrogens is 496 g/mol. The molecular formula is C31H38N2O6. The fourth-order valence-electron chi connectivity index (χ4n) is 6.64.